The third kappa shape index (κ3) is 3.58. The molecule has 1 aliphatic carbocycles. The first-order valence-corrected chi connectivity index (χ1v) is 10.0. The summed E-state index contributed by atoms with van der Waals surface area (Å²) in [6.07, 6.45) is 2.26. The Morgan fingerprint density at radius 2 is 2.00 bits per heavy atom. The molecule has 2 aromatic rings. The smallest absolute Gasteiger partial charge is 0.273 e. The Morgan fingerprint density at radius 1 is 1.18 bits per heavy atom. The third-order valence-corrected chi connectivity index (χ3v) is 5.76. The summed E-state index contributed by atoms with van der Waals surface area (Å²) in [4.78, 5) is 14.9. The molecular formula is C21H25N3O4. The van der Waals surface area contributed by atoms with E-state index >= 15 is 0 Å². The Morgan fingerprint density at radius 3 is 2.82 bits per heavy atom. The van der Waals surface area contributed by atoms with Gasteiger partial charge in [-0.15, -0.1) is 0 Å². The van der Waals surface area contributed by atoms with Gasteiger partial charge in [-0.2, -0.15) is 0 Å². The van der Waals surface area contributed by atoms with Crippen LogP contribution in [0.25, 0.3) is 0 Å². The van der Waals surface area contributed by atoms with Crippen molar-refractivity contribution in [1.29, 1.82) is 0 Å². The summed E-state index contributed by atoms with van der Waals surface area (Å²) in [6, 6.07) is 8.01. The van der Waals surface area contributed by atoms with Crippen LogP contribution in [-0.4, -0.2) is 48.3 Å². The first-order chi connectivity index (χ1) is 13.7. The number of rotatable bonds is 5. The van der Waals surface area contributed by atoms with Crippen LogP contribution in [0.2, 0.25) is 0 Å². The van der Waals surface area contributed by atoms with Crippen LogP contribution in [0, 0.1) is 5.92 Å². The number of ether oxygens (including phenoxy) is 2. The topological polar surface area (TPSA) is 76.8 Å². The predicted octanol–water partition coefficient (Wildman–Crippen LogP) is 2.57. The van der Waals surface area contributed by atoms with E-state index in [1.165, 1.54) is 5.56 Å². The number of benzene rings is 1. The molecule has 1 saturated heterocycles. The van der Waals surface area contributed by atoms with E-state index in [9.17, 15) is 4.79 Å². The molecule has 0 bridgehead atoms. The van der Waals surface area contributed by atoms with Gasteiger partial charge in [-0.3, -0.25) is 9.69 Å². The fourth-order valence-corrected chi connectivity index (χ4v) is 4.03. The predicted molar refractivity (Wildman–Crippen MR) is 102 cm³/mol. The van der Waals surface area contributed by atoms with Gasteiger partial charge >= 0.3 is 0 Å². The number of hydrogen-bond acceptors (Lipinski definition) is 6. The van der Waals surface area contributed by atoms with Crippen LogP contribution in [0.15, 0.2) is 28.8 Å². The highest BCUT2D eigenvalue weighted by molar-refractivity contribution is 5.92. The lowest BCUT2D eigenvalue weighted by Gasteiger charge is -2.21. The van der Waals surface area contributed by atoms with Crippen LogP contribution in [0.5, 0.6) is 11.5 Å². The molecule has 1 N–H and O–H groups in total. The second-order valence-corrected chi connectivity index (χ2v) is 8.12. The second-order valence-electron chi connectivity index (χ2n) is 8.12. The van der Waals surface area contributed by atoms with Crippen molar-refractivity contribution in [2.75, 3.05) is 26.3 Å². The molecule has 3 heterocycles. The molecule has 2 atom stereocenters. The van der Waals surface area contributed by atoms with E-state index in [0.717, 1.165) is 49.7 Å². The highest BCUT2D eigenvalue weighted by Crippen LogP contribution is 2.40. The van der Waals surface area contributed by atoms with Crippen molar-refractivity contribution >= 4 is 5.91 Å². The maximum atomic E-state index is 12.5. The number of carbonyl (C=O) groups is 1. The SMILES string of the molecule is C[C@@H]1CN(Cc2ccc3c(c2)OCCO3)C[C@@H]1NC(=O)c1cc(C2CC2)on1. The lowest BCUT2D eigenvalue weighted by molar-refractivity contribution is 0.0922. The van der Waals surface area contributed by atoms with Gasteiger partial charge < -0.3 is 19.3 Å². The van der Waals surface area contributed by atoms with Gasteiger partial charge in [-0.1, -0.05) is 18.1 Å². The van der Waals surface area contributed by atoms with Crippen LogP contribution < -0.4 is 14.8 Å². The number of nitrogens with one attached hydrogen (secondary N) is 1. The largest absolute Gasteiger partial charge is 0.486 e. The van der Waals surface area contributed by atoms with Gasteiger partial charge in [0, 0.05) is 37.7 Å². The standard InChI is InChI=1S/C21H25N3O4/c1-13-10-24(11-14-2-5-18-20(8-14)27-7-6-26-18)12-17(13)22-21(25)16-9-19(28-23-16)15-3-4-15/h2,5,8-9,13,15,17H,3-4,6-7,10-12H2,1H3,(H,22,25)/t13-,17+/m1/s1. The van der Waals surface area contributed by atoms with E-state index in [1.807, 2.05) is 6.07 Å². The lowest BCUT2D eigenvalue weighted by Crippen LogP contribution is -2.40. The molecule has 0 radical (unpaired) electrons. The van der Waals surface area contributed by atoms with Crippen LogP contribution in [0.1, 0.15) is 47.5 Å². The molecule has 1 amide bonds. The van der Waals surface area contributed by atoms with E-state index in [4.69, 9.17) is 14.0 Å². The molecule has 5 rings (SSSR count). The minimum Gasteiger partial charge on any atom is -0.486 e. The van der Waals surface area contributed by atoms with E-state index in [-0.39, 0.29) is 11.9 Å². The number of nitrogens with zero attached hydrogens (tertiary/aromatic N) is 2. The molecule has 28 heavy (non-hydrogen) atoms. The maximum Gasteiger partial charge on any atom is 0.273 e. The number of carbonyl (C=O) groups excluding carboxylic acids is 1. The molecule has 7 heteroatoms. The zero-order valence-corrected chi connectivity index (χ0v) is 16.0. The van der Waals surface area contributed by atoms with Gasteiger partial charge in [-0.05, 0) is 36.5 Å². The van der Waals surface area contributed by atoms with E-state index < -0.39 is 0 Å². The van der Waals surface area contributed by atoms with Crippen LogP contribution in [0.3, 0.4) is 0 Å². The van der Waals surface area contributed by atoms with E-state index in [2.05, 4.69) is 34.4 Å². The van der Waals surface area contributed by atoms with Crippen molar-refractivity contribution in [2.45, 2.75) is 38.3 Å². The van der Waals surface area contributed by atoms with Crippen molar-refractivity contribution in [3.63, 3.8) is 0 Å². The van der Waals surface area contributed by atoms with Gasteiger partial charge in [0.2, 0.25) is 0 Å². The van der Waals surface area contributed by atoms with Crippen molar-refractivity contribution < 1.29 is 18.8 Å². The number of amides is 1. The quantitative estimate of drug-likeness (QED) is 0.855. The Bertz CT molecular complexity index is 876. The van der Waals surface area contributed by atoms with E-state index in [1.54, 1.807) is 6.07 Å². The third-order valence-electron chi connectivity index (χ3n) is 5.76. The van der Waals surface area contributed by atoms with Gasteiger partial charge in [-0.25, -0.2) is 0 Å². The Hall–Kier alpha value is -2.54. The Labute approximate surface area is 164 Å². The zero-order valence-electron chi connectivity index (χ0n) is 16.0. The Balaban J connectivity index is 1.19. The minimum absolute atomic E-state index is 0.103. The average Bonchev–Trinajstić information content (AvgIpc) is 3.33. The van der Waals surface area contributed by atoms with Crippen LogP contribution in [-0.2, 0) is 6.54 Å². The minimum atomic E-state index is -0.145. The van der Waals surface area contributed by atoms with Crippen molar-refractivity contribution in [2.24, 2.45) is 5.92 Å². The summed E-state index contributed by atoms with van der Waals surface area (Å²) in [5.41, 5.74) is 1.58. The molecule has 1 aromatic heterocycles. The molecule has 7 nitrogen and oxygen atoms in total. The number of likely N-dealkylation sites (tertiary alicyclic amines) is 1. The lowest BCUT2D eigenvalue weighted by atomic mass is 10.1. The number of aromatic nitrogens is 1. The first-order valence-electron chi connectivity index (χ1n) is 10.0. The molecule has 3 aliphatic rings. The van der Waals surface area contributed by atoms with Gasteiger partial charge in [0.05, 0.1) is 0 Å². The monoisotopic (exact) mass is 383 g/mol. The molecular weight excluding hydrogens is 358 g/mol. The molecule has 2 fully saturated rings. The molecule has 0 spiro atoms. The van der Waals surface area contributed by atoms with Gasteiger partial charge in [0.15, 0.2) is 17.2 Å². The van der Waals surface area contributed by atoms with Crippen LogP contribution >= 0.6 is 0 Å². The van der Waals surface area contributed by atoms with Crippen molar-refractivity contribution in [1.82, 2.24) is 15.4 Å². The average molecular weight is 383 g/mol. The van der Waals surface area contributed by atoms with Crippen molar-refractivity contribution in [3.05, 3.63) is 41.3 Å². The van der Waals surface area contributed by atoms with Gasteiger partial charge in [0.25, 0.3) is 5.91 Å². The number of fused-ring (bicyclic) bond motifs is 1. The molecule has 1 aromatic carbocycles. The highest BCUT2D eigenvalue weighted by atomic mass is 16.6. The summed E-state index contributed by atoms with van der Waals surface area (Å²) >= 11 is 0. The maximum absolute atomic E-state index is 12.5. The summed E-state index contributed by atoms with van der Waals surface area (Å²) in [6.45, 7) is 5.94. The number of hydrogen-bond donors (Lipinski definition) is 1. The zero-order chi connectivity index (χ0) is 19.1. The highest BCUT2D eigenvalue weighted by Gasteiger charge is 2.33. The molecule has 148 valence electrons. The molecule has 1 saturated carbocycles. The first kappa shape index (κ1) is 17.6. The normalized spacial score (nSPS) is 24.3. The Kier molecular flexibility index (Phi) is 4.47. The van der Waals surface area contributed by atoms with Crippen molar-refractivity contribution in [3.8, 4) is 11.5 Å². The summed E-state index contributed by atoms with van der Waals surface area (Å²) in [7, 11) is 0. The fourth-order valence-electron chi connectivity index (χ4n) is 4.03. The molecule has 2 aliphatic heterocycles. The molecule has 0 unspecified atom stereocenters. The van der Waals surface area contributed by atoms with Crippen LogP contribution in [0.4, 0.5) is 0 Å². The summed E-state index contributed by atoms with van der Waals surface area (Å²) < 4.78 is 16.6. The summed E-state index contributed by atoms with van der Waals surface area (Å²) in [5.74, 6) is 3.15. The van der Waals surface area contributed by atoms with E-state index in [0.29, 0.717) is 30.7 Å². The summed E-state index contributed by atoms with van der Waals surface area (Å²) in [5, 5.41) is 7.08. The fraction of sp³-hybridized carbons (Fsp3) is 0.524. The van der Waals surface area contributed by atoms with Gasteiger partial charge in [0.1, 0.15) is 19.0 Å². The second kappa shape index (κ2) is 7.13.